The van der Waals surface area contributed by atoms with E-state index in [0.29, 0.717) is 30.2 Å². The monoisotopic (exact) mass is 362 g/mol. The Kier molecular flexibility index (Phi) is 6.50. The van der Waals surface area contributed by atoms with E-state index < -0.39 is 0 Å². The van der Waals surface area contributed by atoms with Gasteiger partial charge in [-0.05, 0) is 37.1 Å². The Labute approximate surface area is 152 Å². The molecule has 3 rings (SSSR count). The molecule has 2 aromatic rings. The predicted octanol–water partition coefficient (Wildman–Crippen LogP) is 3.94. The minimum atomic E-state index is -0.0510. The lowest BCUT2D eigenvalue weighted by atomic mass is 10.2. The maximum atomic E-state index is 12.3. The minimum Gasteiger partial charge on any atom is -0.468 e. The van der Waals surface area contributed by atoms with Crippen molar-refractivity contribution >= 4 is 23.2 Å². The molecule has 1 atom stereocenters. The van der Waals surface area contributed by atoms with Crippen LogP contribution >= 0.6 is 11.6 Å². The fraction of sp³-hybridized carbons (Fsp3) is 0.421. The van der Waals surface area contributed by atoms with Gasteiger partial charge in [0.1, 0.15) is 5.76 Å². The Balaban J connectivity index is 1.53. The standard InChI is InChI=1S/C19H23ClN2O3/c20-17-7-1-2-8-18(17)21-19(23)9-10-22(13-15-5-3-11-24-15)14-16-6-4-12-25-16/h1-3,5,7-8,11,16H,4,6,9-10,12-14H2,(H,21,23). The van der Waals surface area contributed by atoms with Crippen LogP contribution in [0.1, 0.15) is 25.0 Å². The largest absolute Gasteiger partial charge is 0.468 e. The molecule has 134 valence electrons. The number of halogens is 1. The van der Waals surface area contributed by atoms with Crippen molar-refractivity contribution in [1.29, 1.82) is 0 Å². The number of ether oxygens (including phenoxy) is 1. The number of amides is 1. The highest BCUT2D eigenvalue weighted by molar-refractivity contribution is 6.33. The van der Waals surface area contributed by atoms with E-state index in [2.05, 4.69) is 10.2 Å². The highest BCUT2D eigenvalue weighted by Crippen LogP contribution is 2.21. The molecule has 1 aromatic heterocycles. The first-order valence-electron chi connectivity index (χ1n) is 8.61. The number of benzene rings is 1. The number of carbonyl (C=O) groups is 1. The van der Waals surface area contributed by atoms with Gasteiger partial charge in [-0.25, -0.2) is 0 Å². The fourth-order valence-electron chi connectivity index (χ4n) is 2.97. The van der Waals surface area contributed by atoms with E-state index in [-0.39, 0.29) is 12.0 Å². The van der Waals surface area contributed by atoms with Gasteiger partial charge in [-0.1, -0.05) is 23.7 Å². The molecule has 1 N–H and O–H groups in total. The molecule has 1 fully saturated rings. The number of rotatable bonds is 8. The summed E-state index contributed by atoms with van der Waals surface area (Å²) in [5.41, 5.74) is 0.644. The molecule has 5 nitrogen and oxygen atoms in total. The number of nitrogens with one attached hydrogen (secondary N) is 1. The summed E-state index contributed by atoms with van der Waals surface area (Å²) < 4.78 is 11.2. The van der Waals surface area contributed by atoms with E-state index in [1.165, 1.54) is 0 Å². The average molecular weight is 363 g/mol. The normalized spacial score (nSPS) is 17.1. The lowest BCUT2D eigenvalue weighted by molar-refractivity contribution is -0.116. The van der Waals surface area contributed by atoms with Crippen LogP contribution in [0.3, 0.4) is 0 Å². The summed E-state index contributed by atoms with van der Waals surface area (Å²) in [5, 5.41) is 3.41. The van der Waals surface area contributed by atoms with Crippen LogP contribution in [0.25, 0.3) is 0 Å². The van der Waals surface area contributed by atoms with Gasteiger partial charge in [0.2, 0.25) is 5.91 Å². The molecule has 1 saturated heterocycles. The fourth-order valence-corrected chi connectivity index (χ4v) is 3.15. The number of furan rings is 1. The molecule has 2 heterocycles. The Morgan fingerprint density at radius 1 is 1.28 bits per heavy atom. The highest BCUT2D eigenvalue weighted by atomic mass is 35.5. The molecule has 0 spiro atoms. The second-order valence-corrected chi connectivity index (χ2v) is 6.63. The van der Waals surface area contributed by atoms with Crippen molar-refractivity contribution in [2.75, 3.05) is 25.0 Å². The summed E-state index contributed by atoms with van der Waals surface area (Å²) in [4.78, 5) is 14.5. The Bertz CT molecular complexity index is 669. The molecular weight excluding hydrogens is 340 g/mol. The van der Waals surface area contributed by atoms with E-state index in [4.69, 9.17) is 20.8 Å². The first-order valence-corrected chi connectivity index (χ1v) is 8.99. The third-order valence-electron chi connectivity index (χ3n) is 4.25. The third-order valence-corrected chi connectivity index (χ3v) is 4.58. The molecule has 1 aromatic carbocycles. The quantitative estimate of drug-likeness (QED) is 0.772. The van der Waals surface area contributed by atoms with E-state index in [1.54, 1.807) is 18.4 Å². The number of para-hydroxylation sites is 1. The van der Waals surface area contributed by atoms with E-state index >= 15 is 0 Å². The van der Waals surface area contributed by atoms with Crippen molar-refractivity contribution < 1.29 is 13.9 Å². The molecule has 0 bridgehead atoms. The summed E-state index contributed by atoms with van der Waals surface area (Å²) >= 11 is 6.09. The lowest BCUT2D eigenvalue weighted by Gasteiger charge is -2.24. The van der Waals surface area contributed by atoms with Crippen molar-refractivity contribution in [2.45, 2.75) is 31.9 Å². The summed E-state index contributed by atoms with van der Waals surface area (Å²) in [6.45, 7) is 2.94. The van der Waals surface area contributed by atoms with Crippen molar-refractivity contribution in [2.24, 2.45) is 0 Å². The Morgan fingerprint density at radius 2 is 2.16 bits per heavy atom. The average Bonchev–Trinajstić information content (AvgIpc) is 3.29. The number of carbonyl (C=O) groups excluding carboxylic acids is 1. The molecule has 1 amide bonds. The van der Waals surface area contributed by atoms with Crippen LogP contribution in [-0.2, 0) is 16.1 Å². The van der Waals surface area contributed by atoms with Gasteiger partial charge in [0.05, 0.1) is 29.6 Å². The van der Waals surface area contributed by atoms with E-state index in [0.717, 1.165) is 31.8 Å². The first kappa shape index (κ1) is 18.0. The third kappa shape index (κ3) is 5.59. The zero-order valence-corrected chi connectivity index (χ0v) is 14.9. The van der Waals surface area contributed by atoms with Gasteiger partial charge < -0.3 is 14.5 Å². The smallest absolute Gasteiger partial charge is 0.225 e. The van der Waals surface area contributed by atoms with Gasteiger partial charge in [0, 0.05) is 26.1 Å². The van der Waals surface area contributed by atoms with Crippen LogP contribution in [0.2, 0.25) is 5.02 Å². The number of hydrogen-bond acceptors (Lipinski definition) is 4. The van der Waals surface area contributed by atoms with Gasteiger partial charge in [-0.2, -0.15) is 0 Å². The maximum Gasteiger partial charge on any atom is 0.225 e. The Hall–Kier alpha value is -1.82. The molecule has 6 heteroatoms. The molecule has 0 radical (unpaired) electrons. The minimum absolute atomic E-state index is 0.0510. The van der Waals surface area contributed by atoms with Gasteiger partial charge in [-0.15, -0.1) is 0 Å². The van der Waals surface area contributed by atoms with E-state index in [9.17, 15) is 4.79 Å². The number of hydrogen-bond donors (Lipinski definition) is 1. The summed E-state index contributed by atoms with van der Waals surface area (Å²) in [7, 11) is 0. The molecule has 0 saturated carbocycles. The summed E-state index contributed by atoms with van der Waals surface area (Å²) in [6.07, 6.45) is 4.47. The number of anilines is 1. The zero-order valence-electron chi connectivity index (χ0n) is 14.1. The lowest BCUT2D eigenvalue weighted by Crippen LogP contribution is -2.34. The maximum absolute atomic E-state index is 12.3. The summed E-state index contributed by atoms with van der Waals surface area (Å²) in [6, 6.07) is 11.1. The van der Waals surface area contributed by atoms with Crippen molar-refractivity contribution in [3.63, 3.8) is 0 Å². The van der Waals surface area contributed by atoms with Crippen LogP contribution in [-0.4, -0.2) is 36.6 Å². The van der Waals surface area contributed by atoms with E-state index in [1.807, 2.05) is 24.3 Å². The molecule has 1 aliphatic rings. The van der Waals surface area contributed by atoms with Crippen molar-refractivity contribution in [1.82, 2.24) is 4.90 Å². The predicted molar refractivity (Wildman–Crippen MR) is 97.7 cm³/mol. The van der Waals surface area contributed by atoms with Crippen LogP contribution in [0.4, 0.5) is 5.69 Å². The zero-order chi connectivity index (χ0) is 17.5. The second-order valence-electron chi connectivity index (χ2n) is 6.23. The van der Waals surface area contributed by atoms with Crippen LogP contribution in [0.15, 0.2) is 47.1 Å². The highest BCUT2D eigenvalue weighted by Gasteiger charge is 2.20. The van der Waals surface area contributed by atoms with Crippen molar-refractivity contribution in [3.05, 3.63) is 53.4 Å². The van der Waals surface area contributed by atoms with Gasteiger partial charge in [0.25, 0.3) is 0 Å². The van der Waals surface area contributed by atoms with Crippen LogP contribution in [0, 0.1) is 0 Å². The van der Waals surface area contributed by atoms with Gasteiger partial charge in [0.15, 0.2) is 0 Å². The molecule has 1 unspecified atom stereocenters. The molecule has 25 heavy (non-hydrogen) atoms. The van der Waals surface area contributed by atoms with Crippen molar-refractivity contribution in [3.8, 4) is 0 Å². The van der Waals surface area contributed by atoms with Crippen LogP contribution in [0.5, 0.6) is 0 Å². The molecular formula is C19H23ClN2O3. The Morgan fingerprint density at radius 3 is 2.88 bits per heavy atom. The van der Waals surface area contributed by atoms with Gasteiger partial charge in [-0.3, -0.25) is 9.69 Å². The molecule has 0 aliphatic carbocycles. The summed E-state index contributed by atoms with van der Waals surface area (Å²) in [5.74, 6) is 0.842. The first-order chi connectivity index (χ1) is 12.2. The topological polar surface area (TPSA) is 54.7 Å². The number of nitrogens with zero attached hydrogens (tertiary/aromatic N) is 1. The molecule has 1 aliphatic heterocycles. The van der Waals surface area contributed by atoms with Crippen LogP contribution < -0.4 is 5.32 Å². The second kappa shape index (κ2) is 9.04. The SMILES string of the molecule is O=C(CCN(Cc1ccco1)CC1CCCO1)Nc1ccccc1Cl. The van der Waals surface area contributed by atoms with Gasteiger partial charge >= 0.3 is 0 Å².